The summed E-state index contributed by atoms with van der Waals surface area (Å²) in [5.74, 6) is 0. The fourth-order valence-electron chi connectivity index (χ4n) is 4.76. The number of aryl methyl sites for hydroxylation is 2. The molecule has 0 aliphatic carbocycles. The molecule has 0 spiro atoms. The molecule has 0 saturated heterocycles. The molecule has 0 atom stereocenters. The predicted molar refractivity (Wildman–Crippen MR) is 138 cm³/mol. The van der Waals surface area contributed by atoms with Crippen LogP contribution in [-0.2, 0) is 25.7 Å². The molecule has 0 unspecified atom stereocenters. The summed E-state index contributed by atoms with van der Waals surface area (Å²) >= 11 is 0. The Balaban J connectivity index is 2.59. The summed E-state index contributed by atoms with van der Waals surface area (Å²) in [4.78, 5) is 0. The van der Waals surface area contributed by atoms with E-state index in [0.717, 1.165) is 0 Å². The predicted octanol–water partition coefficient (Wildman–Crippen LogP) is 10.2. The van der Waals surface area contributed by atoms with Crippen LogP contribution in [0.2, 0.25) is 0 Å². The van der Waals surface area contributed by atoms with Crippen molar-refractivity contribution < 1.29 is 0 Å². The number of rotatable bonds is 20. The summed E-state index contributed by atoms with van der Waals surface area (Å²) in [6.07, 6.45) is 27.5. The minimum absolute atomic E-state index is 1.28. The van der Waals surface area contributed by atoms with Gasteiger partial charge < -0.3 is 0 Å². The van der Waals surface area contributed by atoms with E-state index in [2.05, 4.69) is 39.8 Å². The van der Waals surface area contributed by atoms with Crippen LogP contribution in [0.25, 0.3) is 0 Å². The zero-order valence-corrected chi connectivity index (χ0v) is 21.3. The second-order valence-corrected chi connectivity index (χ2v) is 9.58. The number of benzene rings is 1. The highest BCUT2D eigenvalue weighted by molar-refractivity contribution is 5.42. The van der Waals surface area contributed by atoms with Gasteiger partial charge in [-0.1, -0.05) is 117 Å². The van der Waals surface area contributed by atoms with Crippen LogP contribution >= 0.6 is 0 Å². The van der Waals surface area contributed by atoms with E-state index in [1.807, 2.05) is 0 Å². The molecule has 174 valence electrons. The topological polar surface area (TPSA) is 0 Å². The lowest BCUT2D eigenvalue weighted by molar-refractivity contribution is 0.556. The van der Waals surface area contributed by atoms with E-state index in [-0.39, 0.29) is 0 Å². The molecule has 0 fully saturated rings. The number of hydrogen-bond donors (Lipinski definition) is 0. The molecule has 0 aromatic heterocycles. The quantitative estimate of drug-likeness (QED) is 0.186. The highest BCUT2D eigenvalue weighted by Crippen LogP contribution is 2.27. The Bertz CT molecular complexity index is 513. The lowest BCUT2D eigenvalue weighted by Gasteiger charge is -2.19. The van der Waals surface area contributed by atoms with Crippen LogP contribution in [0, 0.1) is 0 Å². The van der Waals surface area contributed by atoms with Crippen molar-refractivity contribution in [3.05, 3.63) is 34.4 Å². The summed E-state index contributed by atoms with van der Waals surface area (Å²) in [7, 11) is 0. The van der Waals surface area contributed by atoms with Crippen molar-refractivity contribution in [2.24, 2.45) is 0 Å². The van der Waals surface area contributed by atoms with Gasteiger partial charge in [-0.2, -0.15) is 0 Å². The number of hydrogen-bond acceptors (Lipinski definition) is 0. The molecule has 30 heavy (non-hydrogen) atoms. The monoisotopic (exact) mass is 414 g/mol. The van der Waals surface area contributed by atoms with E-state index in [1.165, 1.54) is 128 Å². The third-order valence-electron chi connectivity index (χ3n) is 6.79. The van der Waals surface area contributed by atoms with Gasteiger partial charge in [0.25, 0.3) is 0 Å². The second kappa shape index (κ2) is 18.9. The fraction of sp³-hybridized carbons (Fsp3) is 0.800. The highest BCUT2D eigenvalue weighted by Gasteiger charge is 2.13. The van der Waals surface area contributed by atoms with Crippen LogP contribution in [0.4, 0.5) is 0 Å². The smallest absolute Gasteiger partial charge is 0.0273 e. The van der Waals surface area contributed by atoms with Crippen LogP contribution in [0.5, 0.6) is 0 Å². The number of unbranched alkanes of at least 4 members (excludes halogenated alkanes) is 12. The fourth-order valence-corrected chi connectivity index (χ4v) is 4.76. The van der Waals surface area contributed by atoms with Gasteiger partial charge in [-0.25, -0.2) is 0 Å². The van der Waals surface area contributed by atoms with Gasteiger partial charge in [0.2, 0.25) is 0 Å². The van der Waals surface area contributed by atoms with Crippen molar-refractivity contribution in [2.45, 2.75) is 156 Å². The summed E-state index contributed by atoms with van der Waals surface area (Å²) in [5.41, 5.74) is 6.87. The van der Waals surface area contributed by atoms with Crippen molar-refractivity contribution >= 4 is 0 Å². The van der Waals surface area contributed by atoms with E-state index >= 15 is 0 Å². The normalized spacial score (nSPS) is 11.3. The first-order chi connectivity index (χ1) is 14.8. The SMILES string of the molecule is CCCCCCCCCCCCc1ccc(CCCC)c(CCCC)c1CCCC. The third-order valence-corrected chi connectivity index (χ3v) is 6.79. The summed E-state index contributed by atoms with van der Waals surface area (Å²) in [5, 5.41) is 0. The Morgan fingerprint density at radius 3 is 1.13 bits per heavy atom. The Hall–Kier alpha value is -0.780. The Morgan fingerprint density at radius 2 is 0.700 bits per heavy atom. The molecule has 0 N–H and O–H groups in total. The molecule has 0 aliphatic rings. The average molecular weight is 415 g/mol. The van der Waals surface area contributed by atoms with Crippen LogP contribution < -0.4 is 0 Å². The minimum Gasteiger partial charge on any atom is -0.0654 e. The van der Waals surface area contributed by atoms with Crippen LogP contribution in [-0.4, -0.2) is 0 Å². The van der Waals surface area contributed by atoms with Crippen LogP contribution in [0.15, 0.2) is 12.1 Å². The van der Waals surface area contributed by atoms with E-state index in [0.29, 0.717) is 0 Å². The first-order valence-corrected chi connectivity index (χ1v) is 13.9. The van der Waals surface area contributed by atoms with Gasteiger partial charge in [-0.15, -0.1) is 0 Å². The molecular weight excluding hydrogens is 360 g/mol. The molecule has 0 amide bonds. The van der Waals surface area contributed by atoms with Crippen LogP contribution in [0.3, 0.4) is 0 Å². The molecule has 0 nitrogen and oxygen atoms in total. The third kappa shape index (κ3) is 11.6. The first-order valence-electron chi connectivity index (χ1n) is 13.9. The molecule has 0 bridgehead atoms. The first kappa shape index (κ1) is 27.3. The van der Waals surface area contributed by atoms with Crippen molar-refractivity contribution in [2.75, 3.05) is 0 Å². The molecule has 1 rings (SSSR count). The molecule has 0 saturated carbocycles. The van der Waals surface area contributed by atoms with Gasteiger partial charge in [-0.05, 0) is 73.6 Å². The van der Waals surface area contributed by atoms with Gasteiger partial charge in [0.05, 0.1) is 0 Å². The average Bonchev–Trinajstić information content (AvgIpc) is 2.76. The van der Waals surface area contributed by atoms with Crippen LogP contribution in [0.1, 0.15) is 153 Å². The maximum absolute atomic E-state index is 2.51. The maximum Gasteiger partial charge on any atom is -0.0273 e. The van der Waals surface area contributed by atoms with E-state index < -0.39 is 0 Å². The molecule has 1 aromatic rings. The van der Waals surface area contributed by atoms with Gasteiger partial charge in [0.1, 0.15) is 0 Å². The lowest BCUT2D eigenvalue weighted by Crippen LogP contribution is -2.06. The molecule has 0 aliphatic heterocycles. The zero-order valence-electron chi connectivity index (χ0n) is 21.3. The largest absolute Gasteiger partial charge is 0.0654 e. The molecular formula is C30H54. The van der Waals surface area contributed by atoms with E-state index in [1.54, 1.807) is 22.3 Å². The summed E-state index contributed by atoms with van der Waals surface area (Å²) in [6, 6.07) is 5.01. The molecule has 0 heterocycles. The minimum atomic E-state index is 1.28. The van der Waals surface area contributed by atoms with Crippen molar-refractivity contribution in [1.82, 2.24) is 0 Å². The Morgan fingerprint density at radius 1 is 0.367 bits per heavy atom. The van der Waals surface area contributed by atoms with Crippen molar-refractivity contribution in [3.63, 3.8) is 0 Å². The second-order valence-electron chi connectivity index (χ2n) is 9.58. The Kier molecular flexibility index (Phi) is 17.2. The summed E-state index contributed by atoms with van der Waals surface area (Å²) < 4.78 is 0. The molecule has 1 aromatic carbocycles. The van der Waals surface area contributed by atoms with Gasteiger partial charge in [0.15, 0.2) is 0 Å². The zero-order chi connectivity index (χ0) is 21.9. The maximum atomic E-state index is 2.51. The molecule has 0 radical (unpaired) electrons. The standard InChI is InChI=1S/C30H54/c1-5-9-13-14-15-16-17-18-19-20-22-28-26-25-27(21-10-6-2)29(23-11-7-3)30(28)24-12-8-4/h25-26H,5-24H2,1-4H3. The Labute approximate surface area is 190 Å². The van der Waals surface area contributed by atoms with Gasteiger partial charge in [0, 0.05) is 0 Å². The summed E-state index contributed by atoms with van der Waals surface area (Å²) in [6.45, 7) is 9.31. The van der Waals surface area contributed by atoms with Crippen molar-refractivity contribution in [3.8, 4) is 0 Å². The van der Waals surface area contributed by atoms with Crippen molar-refractivity contribution in [1.29, 1.82) is 0 Å². The molecule has 0 heteroatoms. The van der Waals surface area contributed by atoms with E-state index in [9.17, 15) is 0 Å². The van der Waals surface area contributed by atoms with Gasteiger partial charge >= 0.3 is 0 Å². The van der Waals surface area contributed by atoms with Gasteiger partial charge in [-0.3, -0.25) is 0 Å². The van der Waals surface area contributed by atoms with E-state index in [4.69, 9.17) is 0 Å². The highest BCUT2D eigenvalue weighted by atomic mass is 14.2. The lowest BCUT2D eigenvalue weighted by atomic mass is 9.86.